The molecule has 0 spiro atoms. The molecule has 0 bridgehead atoms. The predicted octanol–water partition coefficient (Wildman–Crippen LogP) is 3.91. The molecule has 88 valence electrons. The molecule has 1 heterocycles. The summed E-state index contributed by atoms with van der Waals surface area (Å²) in [6, 6.07) is 3.96. The van der Waals surface area contributed by atoms with Gasteiger partial charge < -0.3 is 0 Å². The number of aromatic nitrogens is 1. The predicted molar refractivity (Wildman–Crippen MR) is 74.4 cm³/mol. The van der Waals surface area contributed by atoms with Gasteiger partial charge >= 0.3 is 0 Å². The molecule has 0 aliphatic heterocycles. The SMILES string of the molecule is C=C(C#N)c1cnccc1C(=C)C1=CC=CCC1. The molecule has 1 aromatic rings. The summed E-state index contributed by atoms with van der Waals surface area (Å²) in [5.74, 6) is 0. The number of pyridine rings is 1. The third-order valence-corrected chi connectivity index (χ3v) is 3.01. The van der Waals surface area contributed by atoms with Crippen LogP contribution in [0.4, 0.5) is 0 Å². The van der Waals surface area contributed by atoms with E-state index in [9.17, 15) is 0 Å². The molecule has 0 fully saturated rings. The van der Waals surface area contributed by atoms with Crippen LogP contribution < -0.4 is 0 Å². The number of allylic oxidation sites excluding steroid dienone is 6. The highest BCUT2D eigenvalue weighted by molar-refractivity contribution is 5.88. The Labute approximate surface area is 107 Å². The van der Waals surface area contributed by atoms with Crippen molar-refractivity contribution in [2.45, 2.75) is 12.8 Å². The summed E-state index contributed by atoms with van der Waals surface area (Å²) in [5.41, 5.74) is 4.29. The van der Waals surface area contributed by atoms with Crippen LogP contribution in [0.1, 0.15) is 24.0 Å². The second-order valence-electron chi connectivity index (χ2n) is 4.15. The summed E-state index contributed by atoms with van der Waals surface area (Å²) in [4.78, 5) is 4.06. The van der Waals surface area contributed by atoms with Gasteiger partial charge in [-0.05, 0) is 35.6 Å². The van der Waals surface area contributed by atoms with Crippen molar-refractivity contribution in [1.82, 2.24) is 4.98 Å². The van der Waals surface area contributed by atoms with Crippen LogP contribution in [0.25, 0.3) is 11.1 Å². The fraction of sp³-hybridized carbons (Fsp3) is 0.125. The van der Waals surface area contributed by atoms with Crippen LogP contribution in [0.3, 0.4) is 0 Å². The minimum Gasteiger partial charge on any atom is -0.264 e. The lowest BCUT2D eigenvalue weighted by molar-refractivity contribution is 0.996. The van der Waals surface area contributed by atoms with Gasteiger partial charge in [-0.1, -0.05) is 31.4 Å². The summed E-state index contributed by atoms with van der Waals surface area (Å²) in [5, 5.41) is 8.97. The summed E-state index contributed by atoms with van der Waals surface area (Å²) in [6.07, 6.45) is 11.7. The van der Waals surface area contributed by atoms with E-state index in [1.165, 1.54) is 5.57 Å². The van der Waals surface area contributed by atoms with E-state index in [-0.39, 0.29) is 0 Å². The summed E-state index contributed by atoms with van der Waals surface area (Å²) < 4.78 is 0. The largest absolute Gasteiger partial charge is 0.264 e. The average molecular weight is 234 g/mol. The van der Waals surface area contributed by atoms with Crippen molar-refractivity contribution < 1.29 is 0 Å². The van der Waals surface area contributed by atoms with Crippen LogP contribution in [0.15, 0.2) is 55.4 Å². The molecule has 1 aliphatic rings. The zero-order chi connectivity index (χ0) is 13.0. The molecule has 0 saturated carbocycles. The molecule has 1 aromatic heterocycles. The van der Waals surface area contributed by atoms with Crippen molar-refractivity contribution in [2.75, 3.05) is 0 Å². The number of hydrogen-bond donors (Lipinski definition) is 0. The molecule has 0 atom stereocenters. The summed E-state index contributed by atoms with van der Waals surface area (Å²) in [6.45, 7) is 7.90. The van der Waals surface area contributed by atoms with Crippen LogP contribution in [0.5, 0.6) is 0 Å². The number of nitrogens with zero attached hydrogens (tertiary/aromatic N) is 2. The standard InChI is InChI=1S/C16H14N2/c1-12(10-17)16-11-18-9-8-15(16)13(2)14-6-4-3-5-7-14/h3-4,6,8-9,11H,1-2,5,7H2. The van der Waals surface area contributed by atoms with Crippen LogP contribution in [0, 0.1) is 11.3 Å². The van der Waals surface area contributed by atoms with Crippen molar-refractivity contribution in [1.29, 1.82) is 5.26 Å². The molecule has 18 heavy (non-hydrogen) atoms. The van der Waals surface area contributed by atoms with Gasteiger partial charge in [0.05, 0.1) is 11.6 Å². The van der Waals surface area contributed by atoms with E-state index in [1.807, 2.05) is 12.1 Å². The van der Waals surface area contributed by atoms with E-state index in [1.54, 1.807) is 12.4 Å². The van der Waals surface area contributed by atoms with E-state index in [0.717, 1.165) is 29.5 Å². The van der Waals surface area contributed by atoms with E-state index in [4.69, 9.17) is 5.26 Å². The summed E-state index contributed by atoms with van der Waals surface area (Å²) in [7, 11) is 0. The molecule has 0 saturated heterocycles. The second-order valence-corrected chi connectivity index (χ2v) is 4.15. The highest BCUT2D eigenvalue weighted by Gasteiger charge is 2.12. The molecule has 2 heteroatoms. The molecule has 0 amide bonds. The number of nitriles is 1. The van der Waals surface area contributed by atoms with Gasteiger partial charge in [0.2, 0.25) is 0 Å². The van der Waals surface area contributed by atoms with E-state index >= 15 is 0 Å². The molecule has 2 nitrogen and oxygen atoms in total. The first-order chi connectivity index (χ1) is 8.74. The first-order valence-electron chi connectivity index (χ1n) is 5.82. The second kappa shape index (κ2) is 5.29. The number of rotatable bonds is 3. The first kappa shape index (κ1) is 12.1. The van der Waals surface area contributed by atoms with Gasteiger partial charge in [-0.2, -0.15) is 5.26 Å². The molecule has 0 N–H and O–H groups in total. The Bertz CT molecular complexity index is 598. The van der Waals surface area contributed by atoms with Crippen molar-refractivity contribution in [3.8, 4) is 6.07 Å². The van der Waals surface area contributed by atoms with Crippen LogP contribution in [-0.4, -0.2) is 4.98 Å². The fourth-order valence-electron chi connectivity index (χ4n) is 1.99. The monoisotopic (exact) mass is 234 g/mol. The van der Waals surface area contributed by atoms with Crippen LogP contribution >= 0.6 is 0 Å². The smallest absolute Gasteiger partial charge is 0.0992 e. The van der Waals surface area contributed by atoms with Crippen LogP contribution in [0.2, 0.25) is 0 Å². The van der Waals surface area contributed by atoms with E-state index < -0.39 is 0 Å². The Balaban J connectivity index is 2.42. The number of hydrogen-bond acceptors (Lipinski definition) is 2. The lowest BCUT2D eigenvalue weighted by Crippen LogP contribution is -1.96. The minimum absolute atomic E-state index is 0.422. The zero-order valence-electron chi connectivity index (χ0n) is 10.2. The quantitative estimate of drug-likeness (QED) is 0.743. The van der Waals surface area contributed by atoms with Gasteiger partial charge in [0.1, 0.15) is 0 Å². The first-order valence-corrected chi connectivity index (χ1v) is 5.82. The minimum atomic E-state index is 0.422. The highest BCUT2D eigenvalue weighted by atomic mass is 14.6. The average Bonchev–Trinajstić information content (AvgIpc) is 2.46. The molecule has 1 aliphatic carbocycles. The highest BCUT2D eigenvalue weighted by Crippen LogP contribution is 2.31. The van der Waals surface area contributed by atoms with Gasteiger partial charge in [-0.25, -0.2) is 0 Å². The van der Waals surface area contributed by atoms with Gasteiger partial charge in [0.25, 0.3) is 0 Å². The van der Waals surface area contributed by atoms with Gasteiger partial charge in [0.15, 0.2) is 0 Å². The molecule has 0 radical (unpaired) electrons. The molecule has 0 aromatic carbocycles. The zero-order valence-corrected chi connectivity index (χ0v) is 10.2. The third-order valence-electron chi connectivity index (χ3n) is 3.01. The van der Waals surface area contributed by atoms with Crippen molar-refractivity contribution in [3.05, 3.63) is 66.5 Å². The molecular weight excluding hydrogens is 220 g/mol. The molecule has 2 rings (SSSR count). The lowest BCUT2D eigenvalue weighted by atomic mass is 9.90. The maximum atomic E-state index is 8.97. The van der Waals surface area contributed by atoms with Gasteiger partial charge in [-0.3, -0.25) is 4.98 Å². The Hall–Kier alpha value is -2.40. The maximum absolute atomic E-state index is 8.97. The van der Waals surface area contributed by atoms with Gasteiger partial charge in [0, 0.05) is 18.0 Å². The van der Waals surface area contributed by atoms with E-state index in [2.05, 4.69) is 36.4 Å². The normalized spacial score (nSPS) is 13.6. The molecular formula is C16H14N2. The Morgan fingerprint density at radius 2 is 2.17 bits per heavy atom. The lowest BCUT2D eigenvalue weighted by Gasteiger charge is -2.15. The topological polar surface area (TPSA) is 36.7 Å². The Kier molecular flexibility index (Phi) is 3.54. The Morgan fingerprint density at radius 1 is 1.33 bits per heavy atom. The van der Waals surface area contributed by atoms with Crippen molar-refractivity contribution in [2.24, 2.45) is 0 Å². The van der Waals surface area contributed by atoms with Crippen molar-refractivity contribution in [3.63, 3.8) is 0 Å². The van der Waals surface area contributed by atoms with Gasteiger partial charge in [-0.15, -0.1) is 0 Å². The maximum Gasteiger partial charge on any atom is 0.0992 e. The summed E-state index contributed by atoms with van der Waals surface area (Å²) >= 11 is 0. The van der Waals surface area contributed by atoms with Crippen molar-refractivity contribution >= 4 is 11.1 Å². The van der Waals surface area contributed by atoms with Crippen LogP contribution in [-0.2, 0) is 0 Å². The Morgan fingerprint density at radius 3 is 2.83 bits per heavy atom. The third kappa shape index (κ3) is 2.31. The van der Waals surface area contributed by atoms with E-state index in [0.29, 0.717) is 5.57 Å². The molecule has 0 unspecified atom stereocenters. The fourth-order valence-corrected chi connectivity index (χ4v) is 1.99.